The number of carboxylic acid groups (broad SMARTS) is 1. The molecular formula is C22H20F3NO3S2. The number of halogens is 3. The van der Waals surface area contributed by atoms with E-state index < -0.39 is 22.5 Å². The number of ether oxygens (including phenoxy) is 1. The molecule has 0 aliphatic rings. The second kappa shape index (κ2) is 9.32. The standard InChI is InChI=1S/C22H20F3NO3S2/c1-21(2,19(27)28)31-20-26-17(13-30-20)11-12-29-18-9-5-15(6-10-18)14-3-7-16(8-4-14)22(23,24)25/h3-10,13H,11-12H2,1-2H3,(H,27,28). The number of aliphatic carboxylic acids is 1. The van der Waals surface area contributed by atoms with Gasteiger partial charge in [0.1, 0.15) is 10.5 Å². The molecule has 1 aromatic heterocycles. The van der Waals surface area contributed by atoms with Crippen LogP contribution in [0.3, 0.4) is 0 Å². The average molecular weight is 468 g/mol. The highest BCUT2D eigenvalue weighted by Gasteiger charge is 2.30. The fourth-order valence-corrected chi connectivity index (χ4v) is 4.81. The molecule has 0 bridgehead atoms. The van der Waals surface area contributed by atoms with E-state index in [-0.39, 0.29) is 0 Å². The van der Waals surface area contributed by atoms with Gasteiger partial charge in [0.25, 0.3) is 0 Å². The lowest BCUT2D eigenvalue weighted by atomic mass is 10.0. The summed E-state index contributed by atoms with van der Waals surface area (Å²) < 4.78 is 43.5. The highest BCUT2D eigenvalue weighted by atomic mass is 32.2. The van der Waals surface area contributed by atoms with Gasteiger partial charge in [-0.15, -0.1) is 11.3 Å². The molecule has 0 unspecified atom stereocenters. The number of thioether (sulfide) groups is 1. The van der Waals surface area contributed by atoms with Crippen LogP contribution in [0.2, 0.25) is 0 Å². The molecule has 31 heavy (non-hydrogen) atoms. The summed E-state index contributed by atoms with van der Waals surface area (Å²) in [7, 11) is 0. The van der Waals surface area contributed by atoms with E-state index in [0.717, 1.165) is 23.4 Å². The zero-order valence-corrected chi connectivity index (χ0v) is 18.4. The first kappa shape index (κ1) is 23.1. The largest absolute Gasteiger partial charge is 0.493 e. The highest BCUT2D eigenvalue weighted by molar-refractivity contribution is 8.02. The van der Waals surface area contributed by atoms with Crippen molar-refractivity contribution in [3.05, 3.63) is 65.2 Å². The van der Waals surface area contributed by atoms with Gasteiger partial charge in [-0.3, -0.25) is 4.79 Å². The fraction of sp³-hybridized carbons (Fsp3) is 0.273. The Morgan fingerprint density at radius 1 is 1.06 bits per heavy atom. The van der Waals surface area contributed by atoms with Gasteiger partial charge < -0.3 is 9.84 Å². The summed E-state index contributed by atoms with van der Waals surface area (Å²) in [6.07, 6.45) is -3.77. The minimum absolute atomic E-state index is 0.399. The Labute approximate surface area is 186 Å². The molecule has 0 saturated heterocycles. The summed E-state index contributed by atoms with van der Waals surface area (Å²) in [6.45, 7) is 3.67. The molecule has 0 atom stereocenters. The van der Waals surface area contributed by atoms with Crippen LogP contribution in [0.5, 0.6) is 5.75 Å². The summed E-state index contributed by atoms with van der Waals surface area (Å²) >= 11 is 2.62. The van der Waals surface area contributed by atoms with E-state index in [1.807, 2.05) is 5.38 Å². The first-order chi connectivity index (χ1) is 14.5. The second-order valence-corrected chi connectivity index (χ2v) is 9.95. The Morgan fingerprint density at radius 2 is 1.65 bits per heavy atom. The van der Waals surface area contributed by atoms with Gasteiger partial charge in [-0.25, -0.2) is 4.98 Å². The summed E-state index contributed by atoms with van der Waals surface area (Å²) in [6, 6.07) is 12.2. The van der Waals surface area contributed by atoms with Gasteiger partial charge in [-0.1, -0.05) is 36.0 Å². The highest BCUT2D eigenvalue weighted by Crippen LogP contribution is 2.35. The topological polar surface area (TPSA) is 59.4 Å². The monoisotopic (exact) mass is 467 g/mol. The van der Waals surface area contributed by atoms with Gasteiger partial charge in [-0.05, 0) is 49.2 Å². The summed E-state index contributed by atoms with van der Waals surface area (Å²) in [4.78, 5) is 15.7. The number of carboxylic acids is 1. The molecular weight excluding hydrogens is 447 g/mol. The lowest BCUT2D eigenvalue weighted by Gasteiger charge is -2.15. The number of rotatable bonds is 8. The molecule has 1 N–H and O–H groups in total. The molecule has 0 aliphatic carbocycles. The zero-order valence-electron chi connectivity index (χ0n) is 16.8. The molecule has 9 heteroatoms. The number of nitrogens with zero attached hydrogens (tertiary/aromatic N) is 1. The van der Waals surface area contributed by atoms with Crippen LogP contribution in [0.15, 0.2) is 58.3 Å². The van der Waals surface area contributed by atoms with Crippen LogP contribution in [0.4, 0.5) is 13.2 Å². The maximum absolute atomic E-state index is 12.7. The van der Waals surface area contributed by atoms with E-state index in [9.17, 15) is 23.1 Å². The van der Waals surface area contributed by atoms with Crippen molar-refractivity contribution in [2.24, 2.45) is 0 Å². The molecule has 2 aromatic carbocycles. The van der Waals surface area contributed by atoms with Crippen molar-refractivity contribution in [1.29, 1.82) is 0 Å². The average Bonchev–Trinajstić information content (AvgIpc) is 3.14. The Balaban J connectivity index is 1.53. The Bertz CT molecular complexity index is 1030. The third kappa shape index (κ3) is 6.24. The van der Waals surface area contributed by atoms with Crippen LogP contribution in [0, 0.1) is 0 Å². The fourth-order valence-electron chi connectivity index (χ4n) is 2.58. The first-order valence-electron chi connectivity index (χ1n) is 9.32. The summed E-state index contributed by atoms with van der Waals surface area (Å²) in [5.41, 5.74) is 1.64. The summed E-state index contributed by atoms with van der Waals surface area (Å²) in [5, 5.41) is 11.1. The number of thiazole rings is 1. The second-order valence-electron chi connectivity index (χ2n) is 7.22. The molecule has 0 fully saturated rings. The lowest BCUT2D eigenvalue weighted by Crippen LogP contribution is -2.26. The van der Waals surface area contributed by atoms with E-state index in [0.29, 0.717) is 28.7 Å². The van der Waals surface area contributed by atoms with Crippen LogP contribution >= 0.6 is 23.1 Å². The van der Waals surface area contributed by atoms with Crippen molar-refractivity contribution < 1.29 is 27.8 Å². The molecule has 3 rings (SSSR count). The van der Waals surface area contributed by atoms with E-state index in [1.54, 1.807) is 38.1 Å². The minimum atomic E-state index is -4.35. The normalized spacial score (nSPS) is 12.0. The quantitative estimate of drug-likeness (QED) is 0.388. The molecule has 4 nitrogen and oxygen atoms in total. The molecule has 3 aromatic rings. The van der Waals surface area contributed by atoms with Crippen molar-refractivity contribution >= 4 is 29.1 Å². The number of alkyl halides is 3. The molecule has 0 radical (unpaired) electrons. The number of aromatic nitrogens is 1. The zero-order chi connectivity index (χ0) is 22.6. The molecule has 0 amide bonds. The Morgan fingerprint density at radius 3 is 2.19 bits per heavy atom. The molecule has 1 heterocycles. The van der Waals surface area contributed by atoms with E-state index in [4.69, 9.17) is 4.74 Å². The van der Waals surface area contributed by atoms with Crippen LogP contribution in [0.1, 0.15) is 25.1 Å². The van der Waals surface area contributed by atoms with E-state index in [1.165, 1.54) is 35.2 Å². The Hall–Kier alpha value is -2.52. The van der Waals surface area contributed by atoms with Gasteiger partial charge >= 0.3 is 12.1 Å². The van der Waals surface area contributed by atoms with E-state index >= 15 is 0 Å². The molecule has 0 saturated carbocycles. The number of hydrogen-bond donors (Lipinski definition) is 1. The molecule has 0 spiro atoms. The van der Waals surface area contributed by atoms with E-state index in [2.05, 4.69) is 4.98 Å². The van der Waals surface area contributed by atoms with Crippen molar-refractivity contribution in [2.45, 2.75) is 35.5 Å². The lowest BCUT2D eigenvalue weighted by molar-refractivity contribution is -0.139. The smallest absolute Gasteiger partial charge is 0.416 e. The van der Waals surface area contributed by atoms with Gasteiger partial charge in [0.05, 0.1) is 17.9 Å². The van der Waals surface area contributed by atoms with Crippen molar-refractivity contribution in [1.82, 2.24) is 4.98 Å². The van der Waals surface area contributed by atoms with Crippen LogP contribution in [0.25, 0.3) is 11.1 Å². The summed E-state index contributed by atoms with van der Waals surface area (Å²) in [5.74, 6) is -0.246. The third-order valence-corrected chi connectivity index (χ3v) is 6.59. The van der Waals surface area contributed by atoms with Crippen LogP contribution in [-0.2, 0) is 17.4 Å². The van der Waals surface area contributed by atoms with Gasteiger partial charge in [-0.2, -0.15) is 13.2 Å². The predicted molar refractivity (Wildman–Crippen MR) is 116 cm³/mol. The number of carbonyl (C=O) groups is 1. The molecule has 164 valence electrons. The van der Waals surface area contributed by atoms with Crippen LogP contribution < -0.4 is 4.74 Å². The number of benzene rings is 2. The van der Waals surface area contributed by atoms with Crippen molar-refractivity contribution in [2.75, 3.05) is 6.61 Å². The third-order valence-electron chi connectivity index (χ3n) is 4.41. The van der Waals surface area contributed by atoms with Gasteiger partial charge in [0, 0.05) is 11.8 Å². The van der Waals surface area contributed by atoms with Crippen molar-refractivity contribution in [3.63, 3.8) is 0 Å². The maximum Gasteiger partial charge on any atom is 0.416 e. The van der Waals surface area contributed by atoms with Crippen molar-refractivity contribution in [3.8, 4) is 16.9 Å². The van der Waals surface area contributed by atoms with Gasteiger partial charge in [0.15, 0.2) is 4.34 Å². The van der Waals surface area contributed by atoms with Crippen LogP contribution in [-0.4, -0.2) is 27.4 Å². The number of hydrogen-bond acceptors (Lipinski definition) is 5. The predicted octanol–water partition coefficient (Wildman–Crippen LogP) is 6.41. The Kier molecular flexibility index (Phi) is 6.96. The van der Waals surface area contributed by atoms with Gasteiger partial charge in [0.2, 0.25) is 0 Å². The molecule has 0 aliphatic heterocycles. The maximum atomic E-state index is 12.7. The minimum Gasteiger partial charge on any atom is -0.493 e. The first-order valence-corrected chi connectivity index (χ1v) is 11.0. The SMILES string of the molecule is CC(C)(Sc1nc(CCOc2ccc(-c3ccc(C(F)(F)F)cc3)cc2)cs1)C(=O)O.